The molecule has 3 heteroatoms. The minimum atomic E-state index is -0.0946. The van der Waals surface area contributed by atoms with Crippen LogP contribution in [0.15, 0.2) is 0 Å². The summed E-state index contributed by atoms with van der Waals surface area (Å²) in [5, 5.41) is 3.23. The van der Waals surface area contributed by atoms with Gasteiger partial charge in [0.1, 0.15) is 12.1 Å². The van der Waals surface area contributed by atoms with Gasteiger partial charge in [0.2, 0.25) is 0 Å². The summed E-state index contributed by atoms with van der Waals surface area (Å²) < 4.78 is 5.02. The first-order valence-corrected chi connectivity index (χ1v) is 4.60. The van der Waals surface area contributed by atoms with Gasteiger partial charge in [-0.3, -0.25) is 4.79 Å². The van der Waals surface area contributed by atoms with Gasteiger partial charge in [0.25, 0.3) is 0 Å². The van der Waals surface area contributed by atoms with Crippen LogP contribution < -0.4 is 5.32 Å². The Kier molecular flexibility index (Phi) is 3.09. The second-order valence-corrected chi connectivity index (χ2v) is 3.51. The molecule has 1 aliphatic rings. The van der Waals surface area contributed by atoms with E-state index in [9.17, 15) is 4.79 Å². The van der Waals surface area contributed by atoms with Crippen molar-refractivity contribution in [3.05, 3.63) is 0 Å². The number of rotatable bonds is 3. The molecule has 0 amide bonds. The molecule has 0 bridgehead atoms. The van der Waals surface area contributed by atoms with Crippen molar-refractivity contribution in [2.75, 3.05) is 0 Å². The zero-order chi connectivity index (χ0) is 9.14. The van der Waals surface area contributed by atoms with Gasteiger partial charge in [-0.1, -0.05) is 6.92 Å². The minimum absolute atomic E-state index is 0.0741. The first kappa shape index (κ1) is 9.52. The topological polar surface area (TPSA) is 38.3 Å². The van der Waals surface area contributed by atoms with Gasteiger partial charge in [0, 0.05) is 12.5 Å². The average Bonchev–Trinajstić information content (AvgIpc) is 2.30. The van der Waals surface area contributed by atoms with E-state index >= 15 is 0 Å². The van der Waals surface area contributed by atoms with Crippen molar-refractivity contribution in [3.8, 4) is 0 Å². The Hall–Kier alpha value is -0.570. The molecule has 1 saturated heterocycles. The number of cyclic esters (lactones) is 1. The van der Waals surface area contributed by atoms with Gasteiger partial charge >= 0.3 is 5.97 Å². The minimum Gasteiger partial charge on any atom is -0.461 e. The van der Waals surface area contributed by atoms with Crippen molar-refractivity contribution in [3.63, 3.8) is 0 Å². The molecule has 1 fully saturated rings. The van der Waals surface area contributed by atoms with Crippen molar-refractivity contribution in [1.29, 1.82) is 0 Å². The van der Waals surface area contributed by atoms with Gasteiger partial charge in [-0.05, 0) is 20.3 Å². The molecule has 12 heavy (non-hydrogen) atoms. The van der Waals surface area contributed by atoms with E-state index in [0.29, 0.717) is 6.04 Å². The molecule has 0 aromatic heterocycles. The van der Waals surface area contributed by atoms with Gasteiger partial charge in [-0.2, -0.15) is 0 Å². The Balaban J connectivity index is 2.37. The normalized spacial score (nSPS) is 31.8. The van der Waals surface area contributed by atoms with Gasteiger partial charge in [0.15, 0.2) is 0 Å². The number of hydrogen-bond donors (Lipinski definition) is 1. The molecule has 0 saturated carbocycles. The van der Waals surface area contributed by atoms with E-state index in [1.165, 1.54) is 0 Å². The van der Waals surface area contributed by atoms with Gasteiger partial charge < -0.3 is 10.1 Å². The lowest BCUT2D eigenvalue weighted by atomic mass is 10.1. The lowest BCUT2D eigenvalue weighted by molar-refractivity contribution is -0.142. The van der Waals surface area contributed by atoms with Crippen LogP contribution in [0.2, 0.25) is 0 Å². The van der Waals surface area contributed by atoms with Gasteiger partial charge in [0.05, 0.1) is 0 Å². The Morgan fingerprint density at radius 1 is 1.75 bits per heavy atom. The van der Waals surface area contributed by atoms with Crippen LogP contribution >= 0.6 is 0 Å². The highest BCUT2D eigenvalue weighted by molar-refractivity contribution is 5.77. The highest BCUT2D eigenvalue weighted by Gasteiger charge is 2.31. The molecule has 1 rings (SSSR count). The standard InChI is InChI=1S/C9H17NO2/c1-4-6(2)10-8-5-7(3)12-9(8)11/h6-8,10H,4-5H2,1-3H3. The van der Waals surface area contributed by atoms with Crippen LogP contribution in [-0.4, -0.2) is 24.2 Å². The summed E-state index contributed by atoms with van der Waals surface area (Å²) in [5.74, 6) is -0.0946. The number of ether oxygens (including phenoxy) is 1. The molecule has 3 atom stereocenters. The van der Waals surface area contributed by atoms with Crippen molar-refractivity contribution in [2.45, 2.75) is 51.8 Å². The number of nitrogens with one attached hydrogen (secondary N) is 1. The second kappa shape index (κ2) is 3.90. The zero-order valence-electron chi connectivity index (χ0n) is 7.96. The maximum Gasteiger partial charge on any atom is 0.323 e. The van der Waals surface area contributed by atoms with Crippen LogP contribution in [0.3, 0.4) is 0 Å². The third kappa shape index (κ3) is 2.21. The van der Waals surface area contributed by atoms with Crippen LogP contribution in [0, 0.1) is 0 Å². The molecule has 70 valence electrons. The quantitative estimate of drug-likeness (QED) is 0.646. The molecular weight excluding hydrogens is 154 g/mol. The summed E-state index contributed by atoms with van der Waals surface area (Å²) in [6.45, 7) is 6.10. The second-order valence-electron chi connectivity index (χ2n) is 3.51. The maximum atomic E-state index is 11.2. The van der Waals surface area contributed by atoms with E-state index in [1.807, 2.05) is 6.92 Å². The van der Waals surface area contributed by atoms with E-state index in [2.05, 4.69) is 19.2 Å². The van der Waals surface area contributed by atoms with Crippen LogP contribution in [0.5, 0.6) is 0 Å². The molecule has 1 aliphatic heterocycles. The van der Waals surface area contributed by atoms with Crippen LogP contribution in [0.4, 0.5) is 0 Å². The third-order valence-corrected chi connectivity index (χ3v) is 2.27. The van der Waals surface area contributed by atoms with Crippen molar-refractivity contribution in [1.82, 2.24) is 5.32 Å². The van der Waals surface area contributed by atoms with Crippen LogP contribution in [0.1, 0.15) is 33.6 Å². The first-order chi connectivity index (χ1) is 5.63. The molecule has 3 nitrogen and oxygen atoms in total. The van der Waals surface area contributed by atoms with Crippen LogP contribution in [0.25, 0.3) is 0 Å². The summed E-state index contributed by atoms with van der Waals surface area (Å²) in [6, 6.07) is 0.322. The molecule has 0 radical (unpaired) electrons. The Morgan fingerprint density at radius 2 is 2.42 bits per heavy atom. The van der Waals surface area contributed by atoms with E-state index in [4.69, 9.17) is 4.74 Å². The molecule has 1 heterocycles. The summed E-state index contributed by atoms with van der Waals surface area (Å²) >= 11 is 0. The van der Waals surface area contributed by atoms with E-state index in [-0.39, 0.29) is 18.1 Å². The van der Waals surface area contributed by atoms with Gasteiger partial charge in [-0.25, -0.2) is 0 Å². The largest absolute Gasteiger partial charge is 0.461 e. The Morgan fingerprint density at radius 3 is 2.83 bits per heavy atom. The highest BCUT2D eigenvalue weighted by atomic mass is 16.6. The Bertz CT molecular complexity index is 170. The highest BCUT2D eigenvalue weighted by Crippen LogP contribution is 2.14. The molecular formula is C9H17NO2. The number of carbonyl (C=O) groups is 1. The van der Waals surface area contributed by atoms with E-state index < -0.39 is 0 Å². The fourth-order valence-electron chi connectivity index (χ4n) is 1.35. The smallest absolute Gasteiger partial charge is 0.323 e. The molecule has 0 aromatic rings. The fourth-order valence-corrected chi connectivity index (χ4v) is 1.35. The zero-order valence-corrected chi connectivity index (χ0v) is 7.96. The molecule has 3 unspecified atom stereocenters. The predicted molar refractivity (Wildman–Crippen MR) is 46.8 cm³/mol. The number of esters is 1. The molecule has 0 aromatic carbocycles. The lowest BCUT2D eigenvalue weighted by Gasteiger charge is -2.14. The lowest BCUT2D eigenvalue weighted by Crippen LogP contribution is -2.39. The van der Waals surface area contributed by atoms with Gasteiger partial charge in [-0.15, -0.1) is 0 Å². The Labute approximate surface area is 73.5 Å². The third-order valence-electron chi connectivity index (χ3n) is 2.27. The fraction of sp³-hybridized carbons (Fsp3) is 0.889. The number of carbonyl (C=O) groups excluding carboxylic acids is 1. The van der Waals surface area contributed by atoms with Crippen molar-refractivity contribution >= 4 is 5.97 Å². The van der Waals surface area contributed by atoms with E-state index in [0.717, 1.165) is 12.8 Å². The maximum absolute atomic E-state index is 11.2. The molecule has 0 spiro atoms. The monoisotopic (exact) mass is 171 g/mol. The first-order valence-electron chi connectivity index (χ1n) is 4.60. The van der Waals surface area contributed by atoms with Crippen molar-refractivity contribution in [2.24, 2.45) is 0 Å². The molecule has 0 aliphatic carbocycles. The van der Waals surface area contributed by atoms with Crippen molar-refractivity contribution < 1.29 is 9.53 Å². The summed E-state index contributed by atoms with van der Waals surface area (Å²) in [6.07, 6.45) is 1.93. The van der Waals surface area contributed by atoms with E-state index in [1.54, 1.807) is 0 Å². The SMILES string of the molecule is CCC(C)NC1CC(C)OC1=O. The summed E-state index contributed by atoms with van der Waals surface area (Å²) in [7, 11) is 0. The molecule has 1 N–H and O–H groups in total. The van der Waals surface area contributed by atoms with Crippen LogP contribution in [-0.2, 0) is 9.53 Å². The average molecular weight is 171 g/mol. The summed E-state index contributed by atoms with van der Waals surface area (Å²) in [4.78, 5) is 11.2. The summed E-state index contributed by atoms with van der Waals surface area (Å²) in [5.41, 5.74) is 0. The predicted octanol–water partition coefficient (Wildman–Crippen LogP) is 1.08. The number of hydrogen-bond acceptors (Lipinski definition) is 3.